The Morgan fingerprint density at radius 2 is 1.87 bits per heavy atom. The van der Waals surface area contributed by atoms with Crippen molar-refractivity contribution in [2.75, 3.05) is 6.54 Å². The Hall–Kier alpha value is -1.63. The van der Waals surface area contributed by atoms with Crippen LogP contribution >= 0.6 is 0 Å². The molecule has 0 aromatic heterocycles. The smallest absolute Gasteiger partial charge is 0.326 e. The first-order chi connectivity index (χ1) is 6.97. The number of carbonyl (C=O) groups excluding carboxylic acids is 1. The number of hydrogen-bond acceptors (Lipinski definition) is 4. The molecule has 0 saturated carbocycles. The quantitative estimate of drug-likeness (QED) is 0.423. The predicted molar refractivity (Wildman–Crippen MR) is 50.1 cm³/mol. The Kier molecular flexibility index (Phi) is 6.03. The second-order valence-electron chi connectivity index (χ2n) is 2.95. The molecule has 0 unspecified atom stereocenters. The van der Waals surface area contributed by atoms with Gasteiger partial charge in [0.15, 0.2) is 0 Å². The van der Waals surface area contributed by atoms with Gasteiger partial charge >= 0.3 is 11.9 Å². The molecule has 7 nitrogen and oxygen atoms in total. The zero-order valence-corrected chi connectivity index (χ0v) is 8.10. The van der Waals surface area contributed by atoms with E-state index in [9.17, 15) is 14.4 Å². The molecule has 7 heteroatoms. The molecule has 0 aliphatic carbocycles. The van der Waals surface area contributed by atoms with Crippen molar-refractivity contribution in [1.82, 2.24) is 5.32 Å². The van der Waals surface area contributed by atoms with Crippen molar-refractivity contribution in [2.24, 2.45) is 5.73 Å². The van der Waals surface area contributed by atoms with E-state index in [1.54, 1.807) is 0 Å². The summed E-state index contributed by atoms with van der Waals surface area (Å²) in [6.45, 7) is 0.324. The van der Waals surface area contributed by atoms with E-state index in [4.69, 9.17) is 15.9 Å². The van der Waals surface area contributed by atoms with Crippen LogP contribution in [0.2, 0.25) is 0 Å². The maximum atomic E-state index is 11.1. The van der Waals surface area contributed by atoms with E-state index in [-0.39, 0.29) is 6.42 Å². The average molecular weight is 218 g/mol. The molecule has 0 saturated heterocycles. The summed E-state index contributed by atoms with van der Waals surface area (Å²) in [4.78, 5) is 31.9. The van der Waals surface area contributed by atoms with Gasteiger partial charge in [0.2, 0.25) is 5.91 Å². The molecule has 0 aliphatic heterocycles. The molecule has 0 spiro atoms. The lowest BCUT2D eigenvalue weighted by Crippen LogP contribution is -2.42. The van der Waals surface area contributed by atoms with Crippen molar-refractivity contribution >= 4 is 17.8 Å². The van der Waals surface area contributed by atoms with Gasteiger partial charge in [-0.2, -0.15) is 0 Å². The molecule has 0 heterocycles. The zero-order chi connectivity index (χ0) is 11.8. The number of carboxylic acid groups (broad SMARTS) is 2. The number of nitrogens with two attached hydrogens (primary N) is 1. The molecule has 5 N–H and O–H groups in total. The van der Waals surface area contributed by atoms with Crippen LogP contribution in [0.1, 0.15) is 19.3 Å². The summed E-state index contributed by atoms with van der Waals surface area (Å²) in [7, 11) is 0. The van der Waals surface area contributed by atoms with Gasteiger partial charge in [0.25, 0.3) is 0 Å². The number of aliphatic carboxylic acids is 2. The van der Waals surface area contributed by atoms with Crippen LogP contribution in [0.4, 0.5) is 0 Å². The molecule has 0 fully saturated rings. The third-order valence-electron chi connectivity index (χ3n) is 1.62. The number of nitrogens with one attached hydrogen (secondary N) is 1. The lowest BCUT2D eigenvalue weighted by atomic mass is 10.2. The first kappa shape index (κ1) is 13.4. The highest BCUT2D eigenvalue weighted by atomic mass is 16.4. The van der Waals surface area contributed by atoms with Crippen LogP contribution in [-0.2, 0) is 14.4 Å². The molecule has 0 aromatic rings. The third kappa shape index (κ3) is 6.44. The summed E-state index contributed by atoms with van der Waals surface area (Å²) >= 11 is 0. The molecule has 86 valence electrons. The second-order valence-corrected chi connectivity index (χ2v) is 2.95. The third-order valence-corrected chi connectivity index (χ3v) is 1.62. The number of rotatable bonds is 7. The summed E-state index contributed by atoms with van der Waals surface area (Å²) < 4.78 is 0. The predicted octanol–water partition coefficient (Wildman–Crippen LogP) is -1.23. The molecule has 0 rings (SSSR count). The summed E-state index contributed by atoms with van der Waals surface area (Å²) in [6, 6.07) is -1.38. The van der Waals surface area contributed by atoms with Crippen molar-refractivity contribution in [1.29, 1.82) is 0 Å². The molecule has 0 bridgehead atoms. The minimum absolute atomic E-state index is 0.0971. The molecule has 0 aromatic carbocycles. The highest BCUT2D eigenvalue weighted by Gasteiger charge is 2.22. The van der Waals surface area contributed by atoms with Crippen molar-refractivity contribution in [3.05, 3.63) is 0 Å². The van der Waals surface area contributed by atoms with Crippen LogP contribution < -0.4 is 11.1 Å². The SMILES string of the molecule is NCCCC(=O)N[C@@H](CC(=O)O)C(=O)O. The standard InChI is InChI=1S/C8H14N2O5/c9-3-1-2-6(11)10-5(8(14)15)4-7(12)13/h5H,1-4,9H2,(H,10,11)(H,12,13)(H,14,15)/t5-/m0/s1. The zero-order valence-electron chi connectivity index (χ0n) is 8.10. The van der Waals surface area contributed by atoms with E-state index in [2.05, 4.69) is 5.32 Å². The van der Waals surface area contributed by atoms with Gasteiger partial charge in [-0.05, 0) is 13.0 Å². The minimum Gasteiger partial charge on any atom is -0.481 e. The van der Waals surface area contributed by atoms with Crippen molar-refractivity contribution in [3.8, 4) is 0 Å². The number of carboxylic acids is 2. The van der Waals surface area contributed by atoms with Gasteiger partial charge in [-0.1, -0.05) is 0 Å². The topological polar surface area (TPSA) is 130 Å². The van der Waals surface area contributed by atoms with E-state index < -0.39 is 30.3 Å². The largest absolute Gasteiger partial charge is 0.481 e. The monoisotopic (exact) mass is 218 g/mol. The van der Waals surface area contributed by atoms with Crippen molar-refractivity contribution in [2.45, 2.75) is 25.3 Å². The van der Waals surface area contributed by atoms with Gasteiger partial charge in [-0.3, -0.25) is 9.59 Å². The van der Waals surface area contributed by atoms with Crippen molar-refractivity contribution < 1.29 is 24.6 Å². The van der Waals surface area contributed by atoms with Crippen molar-refractivity contribution in [3.63, 3.8) is 0 Å². The van der Waals surface area contributed by atoms with Crippen LogP contribution in [-0.4, -0.2) is 40.6 Å². The molecule has 15 heavy (non-hydrogen) atoms. The van der Waals surface area contributed by atoms with E-state index >= 15 is 0 Å². The van der Waals surface area contributed by atoms with E-state index in [0.717, 1.165) is 0 Å². The van der Waals surface area contributed by atoms with E-state index in [1.807, 2.05) is 0 Å². The summed E-state index contributed by atoms with van der Waals surface area (Å²) in [5, 5.41) is 19.1. The van der Waals surface area contributed by atoms with Gasteiger partial charge in [-0.25, -0.2) is 4.79 Å². The first-order valence-electron chi connectivity index (χ1n) is 4.41. The summed E-state index contributed by atoms with van der Waals surface area (Å²) in [5.41, 5.74) is 5.16. The minimum atomic E-state index is -1.38. The summed E-state index contributed by atoms with van der Waals surface area (Å²) in [6.07, 6.45) is -0.102. The maximum absolute atomic E-state index is 11.1. The van der Waals surface area contributed by atoms with Crippen LogP contribution in [0, 0.1) is 0 Å². The van der Waals surface area contributed by atoms with Gasteiger partial charge in [-0.15, -0.1) is 0 Å². The normalized spacial score (nSPS) is 11.8. The van der Waals surface area contributed by atoms with Crippen LogP contribution in [0.25, 0.3) is 0 Å². The lowest BCUT2D eigenvalue weighted by molar-refractivity contribution is -0.147. The Labute approximate surface area is 86.3 Å². The lowest BCUT2D eigenvalue weighted by Gasteiger charge is -2.11. The molecule has 1 atom stereocenters. The fraction of sp³-hybridized carbons (Fsp3) is 0.625. The number of amides is 1. The molecular formula is C8H14N2O5. The van der Waals surface area contributed by atoms with Gasteiger partial charge in [0.1, 0.15) is 6.04 Å². The second kappa shape index (κ2) is 6.77. The van der Waals surface area contributed by atoms with Gasteiger partial charge in [0, 0.05) is 6.42 Å². The molecule has 0 aliphatic rings. The highest BCUT2D eigenvalue weighted by Crippen LogP contribution is 1.95. The van der Waals surface area contributed by atoms with E-state index in [1.165, 1.54) is 0 Å². The van der Waals surface area contributed by atoms with E-state index in [0.29, 0.717) is 13.0 Å². The molecule has 0 radical (unpaired) electrons. The Morgan fingerprint density at radius 3 is 2.27 bits per heavy atom. The maximum Gasteiger partial charge on any atom is 0.326 e. The Morgan fingerprint density at radius 1 is 1.27 bits per heavy atom. The first-order valence-corrected chi connectivity index (χ1v) is 4.41. The average Bonchev–Trinajstić information content (AvgIpc) is 2.12. The Bertz CT molecular complexity index is 253. The highest BCUT2D eigenvalue weighted by molar-refractivity contribution is 5.86. The fourth-order valence-electron chi connectivity index (χ4n) is 0.904. The number of hydrogen-bond donors (Lipinski definition) is 4. The van der Waals surface area contributed by atoms with Crippen LogP contribution in [0.3, 0.4) is 0 Å². The Balaban J connectivity index is 4.10. The number of carbonyl (C=O) groups is 3. The fourth-order valence-corrected chi connectivity index (χ4v) is 0.904. The summed E-state index contributed by atoms with van der Waals surface area (Å²) in [5.74, 6) is -3.14. The van der Waals surface area contributed by atoms with Crippen LogP contribution in [0.5, 0.6) is 0 Å². The molecular weight excluding hydrogens is 204 g/mol. The van der Waals surface area contributed by atoms with Crippen LogP contribution in [0.15, 0.2) is 0 Å². The van der Waals surface area contributed by atoms with Gasteiger partial charge in [0.05, 0.1) is 6.42 Å². The molecule has 1 amide bonds. The van der Waals surface area contributed by atoms with Gasteiger partial charge < -0.3 is 21.3 Å².